The Hall–Kier alpha value is -3.56. The van der Waals surface area contributed by atoms with E-state index < -0.39 is 28.5 Å². The number of benzene rings is 4. The Balaban J connectivity index is 1.80. The predicted octanol–water partition coefficient (Wildman–Crippen LogP) is 7.01. The number of hydrogen-bond acceptors (Lipinski definition) is 4. The van der Waals surface area contributed by atoms with Gasteiger partial charge in [0.15, 0.2) is 0 Å². The summed E-state index contributed by atoms with van der Waals surface area (Å²) in [5.74, 6) is -0.951. The molecule has 2 amide bonds. The Kier molecular flexibility index (Phi) is 11.7. The molecule has 0 aliphatic carbocycles. The van der Waals surface area contributed by atoms with Crippen LogP contribution in [0.15, 0.2) is 108 Å². The lowest BCUT2D eigenvalue weighted by molar-refractivity contribution is -0.140. The molecule has 7 nitrogen and oxygen atoms in total. The molecule has 1 unspecified atom stereocenters. The molecule has 1 N–H and O–H groups in total. The van der Waals surface area contributed by atoms with E-state index in [9.17, 15) is 18.0 Å². The van der Waals surface area contributed by atoms with Crippen molar-refractivity contribution in [2.24, 2.45) is 0 Å². The maximum absolute atomic E-state index is 14.4. The number of sulfonamides is 1. The van der Waals surface area contributed by atoms with Crippen LogP contribution in [0, 0.1) is 0 Å². The molecule has 4 rings (SSSR count). The topological polar surface area (TPSA) is 86.8 Å². The fourth-order valence-corrected chi connectivity index (χ4v) is 6.57. The summed E-state index contributed by atoms with van der Waals surface area (Å²) in [6, 6.07) is 27.4. The average molecular weight is 673 g/mol. The summed E-state index contributed by atoms with van der Waals surface area (Å²) in [4.78, 5) is 29.5. The summed E-state index contributed by atoms with van der Waals surface area (Å²) in [7, 11) is -4.22. The minimum atomic E-state index is -4.22. The molecule has 44 heavy (non-hydrogen) atoms. The summed E-state index contributed by atoms with van der Waals surface area (Å²) < 4.78 is 29.0. The summed E-state index contributed by atoms with van der Waals surface area (Å²) in [6.45, 7) is 1.73. The van der Waals surface area contributed by atoms with Crippen LogP contribution in [-0.2, 0) is 32.6 Å². The van der Waals surface area contributed by atoms with Gasteiger partial charge in [-0.2, -0.15) is 0 Å². The zero-order valence-corrected chi connectivity index (χ0v) is 27.1. The van der Waals surface area contributed by atoms with Crippen LogP contribution in [0.2, 0.25) is 15.1 Å². The Morgan fingerprint density at radius 3 is 2.11 bits per heavy atom. The van der Waals surface area contributed by atoms with Crippen molar-refractivity contribution in [1.29, 1.82) is 0 Å². The second-order valence-electron chi connectivity index (χ2n) is 10.1. The number of hydrogen-bond donors (Lipinski definition) is 1. The minimum Gasteiger partial charge on any atom is -0.354 e. The highest BCUT2D eigenvalue weighted by Crippen LogP contribution is 2.28. The Morgan fingerprint density at radius 2 is 1.48 bits per heavy atom. The average Bonchev–Trinajstić information content (AvgIpc) is 3.02. The van der Waals surface area contributed by atoms with Crippen molar-refractivity contribution in [3.05, 3.63) is 129 Å². The van der Waals surface area contributed by atoms with Crippen LogP contribution in [0.5, 0.6) is 0 Å². The summed E-state index contributed by atoms with van der Waals surface area (Å²) in [5.41, 5.74) is 1.66. The Bertz CT molecular complexity index is 1690. The standard InChI is InChI=1S/C33H32Cl3N3O4S/c1-2-18-37-33(41)31(20-24-10-5-3-6-11-24)38(22-25-16-17-29(35)30(36)19-25)32(40)23-39(27-13-9-12-26(34)21-27)44(42,43)28-14-7-4-8-15-28/h3-17,19,21,31H,2,18,20,22-23H2,1H3,(H,37,41). The number of anilines is 1. The van der Waals surface area contributed by atoms with Crippen molar-refractivity contribution in [2.45, 2.75) is 37.2 Å². The molecule has 4 aromatic carbocycles. The van der Waals surface area contributed by atoms with Gasteiger partial charge in [0.1, 0.15) is 12.6 Å². The first kappa shape index (κ1) is 33.3. The number of halogens is 3. The molecular formula is C33H32Cl3N3O4S. The van der Waals surface area contributed by atoms with Gasteiger partial charge in [-0.25, -0.2) is 8.42 Å². The molecule has 0 bridgehead atoms. The molecular weight excluding hydrogens is 641 g/mol. The van der Waals surface area contributed by atoms with Gasteiger partial charge in [0.2, 0.25) is 11.8 Å². The van der Waals surface area contributed by atoms with Crippen LogP contribution in [0.25, 0.3) is 0 Å². The minimum absolute atomic E-state index is 0.00494. The molecule has 0 saturated heterocycles. The van der Waals surface area contributed by atoms with Crippen molar-refractivity contribution in [3.8, 4) is 0 Å². The SMILES string of the molecule is CCCNC(=O)C(Cc1ccccc1)N(Cc1ccc(Cl)c(Cl)c1)C(=O)CN(c1cccc(Cl)c1)S(=O)(=O)c1ccccc1. The highest BCUT2D eigenvalue weighted by atomic mass is 35.5. The van der Waals surface area contributed by atoms with Crippen LogP contribution in [0.1, 0.15) is 24.5 Å². The van der Waals surface area contributed by atoms with Crippen LogP contribution in [0.3, 0.4) is 0 Å². The van der Waals surface area contributed by atoms with Gasteiger partial charge in [-0.3, -0.25) is 13.9 Å². The third-order valence-corrected chi connectivity index (χ3v) is 9.63. The Morgan fingerprint density at radius 1 is 0.795 bits per heavy atom. The first-order valence-electron chi connectivity index (χ1n) is 14.0. The van der Waals surface area contributed by atoms with Gasteiger partial charge in [0.05, 0.1) is 20.6 Å². The van der Waals surface area contributed by atoms with Gasteiger partial charge in [-0.1, -0.05) is 102 Å². The fraction of sp³-hybridized carbons (Fsp3) is 0.212. The second-order valence-corrected chi connectivity index (χ2v) is 13.2. The molecule has 4 aromatic rings. The normalized spacial score (nSPS) is 11.9. The highest BCUT2D eigenvalue weighted by Gasteiger charge is 2.34. The van der Waals surface area contributed by atoms with E-state index in [0.29, 0.717) is 33.6 Å². The van der Waals surface area contributed by atoms with Crippen LogP contribution in [-0.4, -0.2) is 44.3 Å². The largest absolute Gasteiger partial charge is 0.354 e. The number of rotatable bonds is 13. The molecule has 0 radical (unpaired) electrons. The first-order chi connectivity index (χ1) is 21.1. The third kappa shape index (κ3) is 8.54. The maximum Gasteiger partial charge on any atom is 0.264 e. The number of carbonyl (C=O) groups excluding carboxylic acids is 2. The van der Waals surface area contributed by atoms with E-state index >= 15 is 0 Å². The summed E-state index contributed by atoms with van der Waals surface area (Å²) in [6.07, 6.45) is 0.897. The second kappa shape index (κ2) is 15.4. The first-order valence-corrected chi connectivity index (χ1v) is 16.6. The molecule has 0 fully saturated rings. The van der Waals surface area contributed by atoms with Crippen molar-refractivity contribution in [2.75, 3.05) is 17.4 Å². The van der Waals surface area contributed by atoms with Gasteiger partial charge in [-0.05, 0) is 60.0 Å². The summed E-state index contributed by atoms with van der Waals surface area (Å²) in [5, 5.41) is 3.85. The van der Waals surface area contributed by atoms with Crippen molar-refractivity contribution in [3.63, 3.8) is 0 Å². The van der Waals surface area contributed by atoms with Gasteiger partial charge in [-0.15, -0.1) is 0 Å². The van der Waals surface area contributed by atoms with E-state index in [4.69, 9.17) is 34.8 Å². The highest BCUT2D eigenvalue weighted by molar-refractivity contribution is 7.92. The van der Waals surface area contributed by atoms with Gasteiger partial charge in [0.25, 0.3) is 10.0 Å². The number of nitrogens with zero attached hydrogens (tertiary/aromatic N) is 2. The van der Waals surface area contributed by atoms with Crippen molar-refractivity contribution >= 4 is 62.3 Å². The monoisotopic (exact) mass is 671 g/mol. The van der Waals surface area contributed by atoms with E-state index in [1.54, 1.807) is 54.6 Å². The van der Waals surface area contributed by atoms with Crippen LogP contribution >= 0.6 is 34.8 Å². The zero-order chi connectivity index (χ0) is 31.7. The van der Waals surface area contributed by atoms with E-state index in [-0.39, 0.29) is 29.5 Å². The lowest BCUT2D eigenvalue weighted by atomic mass is 10.0. The van der Waals surface area contributed by atoms with E-state index in [1.807, 2.05) is 37.3 Å². The number of amides is 2. The molecule has 11 heteroatoms. The van der Waals surface area contributed by atoms with Crippen molar-refractivity contribution in [1.82, 2.24) is 10.2 Å². The van der Waals surface area contributed by atoms with Gasteiger partial charge < -0.3 is 10.2 Å². The molecule has 1 atom stereocenters. The maximum atomic E-state index is 14.4. The van der Waals surface area contributed by atoms with Gasteiger partial charge >= 0.3 is 0 Å². The molecule has 230 valence electrons. The van der Waals surface area contributed by atoms with E-state index in [0.717, 1.165) is 9.87 Å². The smallest absolute Gasteiger partial charge is 0.264 e. The quantitative estimate of drug-likeness (QED) is 0.166. The lowest BCUT2D eigenvalue weighted by Crippen LogP contribution is -2.53. The Labute approximate surface area is 273 Å². The molecule has 0 aliphatic heterocycles. The fourth-order valence-electron chi connectivity index (χ4n) is 4.63. The number of carbonyl (C=O) groups is 2. The molecule has 0 spiro atoms. The lowest BCUT2D eigenvalue weighted by Gasteiger charge is -2.34. The molecule has 0 aromatic heterocycles. The molecule has 0 saturated carbocycles. The van der Waals surface area contributed by atoms with E-state index in [2.05, 4.69) is 5.32 Å². The predicted molar refractivity (Wildman–Crippen MR) is 177 cm³/mol. The molecule has 0 aliphatic rings. The van der Waals surface area contributed by atoms with Crippen LogP contribution < -0.4 is 9.62 Å². The molecule has 0 heterocycles. The van der Waals surface area contributed by atoms with E-state index in [1.165, 1.54) is 23.1 Å². The summed E-state index contributed by atoms with van der Waals surface area (Å²) >= 11 is 18.7. The third-order valence-electron chi connectivity index (χ3n) is 6.86. The van der Waals surface area contributed by atoms with Gasteiger partial charge in [0, 0.05) is 24.5 Å². The van der Waals surface area contributed by atoms with Crippen molar-refractivity contribution < 1.29 is 18.0 Å². The van der Waals surface area contributed by atoms with Crippen LogP contribution in [0.4, 0.5) is 5.69 Å². The number of nitrogens with one attached hydrogen (secondary N) is 1. The zero-order valence-electron chi connectivity index (χ0n) is 24.0.